The van der Waals surface area contributed by atoms with Gasteiger partial charge >= 0.3 is 0 Å². The van der Waals surface area contributed by atoms with Crippen molar-refractivity contribution in [2.45, 2.75) is 26.4 Å². The van der Waals surface area contributed by atoms with E-state index >= 15 is 0 Å². The molecule has 1 aromatic carbocycles. The highest BCUT2D eigenvalue weighted by atomic mass is 16.3. The van der Waals surface area contributed by atoms with Crippen molar-refractivity contribution in [1.29, 1.82) is 0 Å². The van der Waals surface area contributed by atoms with E-state index in [0.29, 0.717) is 12.4 Å². The summed E-state index contributed by atoms with van der Waals surface area (Å²) in [5, 5.41) is 16.5. The number of aliphatic hydroxyl groups is 1. The van der Waals surface area contributed by atoms with E-state index in [-0.39, 0.29) is 0 Å². The summed E-state index contributed by atoms with van der Waals surface area (Å²) in [6, 6.07) is 11.4. The molecule has 3 N–H and O–H groups in total. The van der Waals surface area contributed by atoms with Gasteiger partial charge in [-0.1, -0.05) is 37.3 Å². The second-order valence-electron chi connectivity index (χ2n) is 4.92. The summed E-state index contributed by atoms with van der Waals surface area (Å²) >= 11 is 0. The van der Waals surface area contributed by atoms with Crippen molar-refractivity contribution in [2.75, 3.05) is 23.7 Å². The van der Waals surface area contributed by atoms with E-state index in [0.717, 1.165) is 30.2 Å². The molecule has 0 aliphatic heterocycles. The van der Waals surface area contributed by atoms with Gasteiger partial charge in [0.1, 0.15) is 17.5 Å². The summed E-state index contributed by atoms with van der Waals surface area (Å²) < 4.78 is 0. The van der Waals surface area contributed by atoms with Crippen LogP contribution in [-0.2, 0) is 0 Å². The van der Waals surface area contributed by atoms with Crippen molar-refractivity contribution >= 4 is 11.6 Å². The zero-order valence-electron chi connectivity index (χ0n) is 12.5. The molecule has 1 unspecified atom stereocenters. The molecule has 112 valence electrons. The van der Waals surface area contributed by atoms with Gasteiger partial charge in [0.2, 0.25) is 0 Å². The molecule has 5 nitrogen and oxygen atoms in total. The predicted molar refractivity (Wildman–Crippen MR) is 85.4 cm³/mol. The Morgan fingerprint density at radius 2 is 1.76 bits per heavy atom. The van der Waals surface area contributed by atoms with Gasteiger partial charge < -0.3 is 15.7 Å². The number of rotatable bonds is 7. The first-order chi connectivity index (χ1) is 10.2. The zero-order chi connectivity index (χ0) is 15.1. The first-order valence-electron chi connectivity index (χ1n) is 7.25. The number of nitrogens with zero attached hydrogens (tertiary/aromatic N) is 2. The van der Waals surface area contributed by atoms with Gasteiger partial charge in [0, 0.05) is 19.2 Å². The maximum atomic E-state index is 10.1. The van der Waals surface area contributed by atoms with Crippen molar-refractivity contribution < 1.29 is 5.11 Å². The van der Waals surface area contributed by atoms with Crippen LogP contribution in [0.2, 0.25) is 0 Å². The maximum Gasteiger partial charge on any atom is 0.131 e. The first-order valence-corrected chi connectivity index (χ1v) is 7.25. The molecule has 0 aliphatic carbocycles. The second-order valence-corrected chi connectivity index (χ2v) is 4.92. The molecule has 0 amide bonds. The Balaban J connectivity index is 1.97. The van der Waals surface area contributed by atoms with Gasteiger partial charge in [-0.2, -0.15) is 0 Å². The van der Waals surface area contributed by atoms with E-state index in [1.165, 1.54) is 0 Å². The molecule has 1 aromatic heterocycles. The topological polar surface area (TPSA) is 70.1 Å². The zero-order valence-corrected chi connectivity index (χ0v) is 12.5. The summed E-state index contributed by atoms with van der Waals surface area (Å²) in [6.07, 6.45) is 0.479. The van der Waals surface area contributed by atoms with Gasteiger partial charge in [0.05, 0.1) is 6.10 Å². The molecular weight excluding hydrogens is 264 g/mol. The number of hydrogen-bond acceptors (Lipinski definition) is 5. The highest BCUT2D eigenvalue weighted by Crippen LogP contribution is 2.15. The molecule has 2 aromatic rings. The van der Waals surface area contributed by atoms with Crippen LogP contribution in [0, 0.1) is 6.92 Å². The molecule has 0 radical (unpaired) electrons. The lowest BCUT2D eigenvalue weighted by molar-refractivity contribution is 0.191. The van der Waals surface area contributed by atoms with Crippen molar-refractivity contribution in [2.24, 2.45) is 0 Å². The molecule has 21 heavy (non-hydrogen) atoms. The highest BCUT2D eigenvalue weighted by Gasteiger charge is 2.08. The van der Waals surface area contributed by atoms with Gasteiger partial charge in [0.25, 0.3) is 0 Å². The van der Waals surface area contributed by atoms with Crippen LogP contribution in [-0.4, -0.2) is 28.2 Å². The highest BCUT2D eigenvalue weighted by molar-refractivity contribution is 5.47. The van der Waals surface area contributed by atoms with Gasteiger partial charge in [-0.05, 0) is 18.9 Å². The Morgan fingerprint density at radius 3 is 2.43 bits per heavy atom. The largest absolute Gasteiger partial charge is 0.387 e. The van der Waals surface area contributed by atoms with Gasteiger partial charge in [0.15, 0.2) is 0 Å². The molecule has 1 heterocycles. The van der Waals surface area contributed by atoms with E-state index in [1.54, 1.807) is 0 Å². The second kappa shape index (κ2) is 7.59. The minimum Gasteiger partial charge on any atom is -0.387 e. The van der Waals surface area contributed by atoms with E-state index in [9.17, 15) is 5.11 Å². The fourth-order valence-corrected chi connectivity index (χ4v) is 2.00. The molecule has 0 saturated carbocycles. The first kappa shape index (κ1) is 15.3. The van der Waals surface area contributed by atoms with Gasteiger partial charge in [-0.25, -0.2) is 9.97 Å². The van der Waals surface area contributed by atoms with E-state index in [4.69, 9.17) is 0 Å². The Morgan fingerprint density at radius 1 is 1.10 bits per heavy atom. The van der Waals surface area contributed by atoms with E-state index < -0.39 is 6.10 Å². The predicted octanol–water partition coefficient (Wildman–Crippen LogP) is 2.75. The Bertz CT molecular complexity index is 559. The minimum atomic E-state index is -0.562. The smallest absolute Gasteiger partial charge is 0.131 e. The number of aliphatic hydroxyl groups excluding tert-OH is 1. The number of hydrogen-bond donors (Lipinski definition) is 3. The molecule has 0 aliphatic rings. The van der Waals surface area contributed by atoms with Crippen LogP contribution in [0.5, 0.6) is 0 Å². The molecule has 1 atom stereocenters. The van der Waals surface area contributed by atoms with Crippen LogP contribution in [0.15, 0.2) is 36.4 Å². The monoisotopic (exact) mass is 286 g/mol. The van der Waals surface area contributed by atoms with Crippen LogP contribution in [0.4, 0.5) is 11.6 Å². The quantitative estimate of drug-likeness (QED) is 0.730. The molecule has 0 spiro atoms. The molecule has 0 bridgehead atoms. The fraction of sp³-hybridized carbons (Fsp3) is 0.375. The molecular formula is C16H22N4O. The average Bonchev–Trinajstić information content (AvgIpc) is 2.51. The normalized spacial score (nSPS) is 12.0. The summed E-state index contributed by atoms with van der Waals surface area (Å²) in [4.78, 5) is 8.67. The average molecular weight is 286 g/mol. The molecule has 0 saturated heterocycles. The summed E-state index contributed by atoms with van der Waals surface area (Å²) in [5.74, 6) is 2.23. The molecule has 0 fully saturated rings. The SMILES string of the molecule is CCCNc1cc(NCC(O)c2ccccc2)nc(C)n1. The Kier molecular flexibility index (Phi) is 5.51. The molecule has 2 rings (SSSR count). The fourth-order valence-electron chi connectivity index (χ4n) is 2.00. The number of anilines is 2. The van der Waals surface area contributed by atoms with E-state index in [1.807, 2.05) is 43.3 Å². The van der Waals surface area contributed by atoms with Crippen LogP contribution in [0.25, 0.3) is 0 Å². The lowest BCUT2D eigenvalue weighted by Gasteiger charge is -2.14. The van der Waals surface area contributed by atoms with Gasteiger partial charge in [-0.3, -0.25) is 0 Å². The summed E-state index contributed by atoms with van der Waals surface area (Å²) in [6.45, 7) is 5.25. The van der Waals surface area contributed by atoms with Gasteiger partial charge in [-0.15, -0.1) is 0 Å². The lowest BCUT2D eigenvalue weighted by Crippen LogP contribution is -2.14. The van der Waals surface area contributed by atoms with Crippen LogP contribution >= 0.6 is 0 Å². The number of nitrogens with one attached hydrogen (secondary N) is 2. The third kappa shape index (κ3) is 4.72. The number of aryl methyl sites for hydroxylation is 1. The number of benzene rings is 1. The number of aromatic nitrogens is 2. The van der Waals surface area contributed by atoms with Crippen LogP contribution in [0.1, 0.15) is 30.8 Å². The molecule has 5 heteroatoms. The minimum absolute atomic E-state index is 0.410. The van der Waals surface area contributed by atoms with Crippen LogP contribution < -0.4 is 10.6 Å². The maximum absolute atomic E-state index is 10.1. The van der Waals surface area contributed by atoms with Crippen molar-refractivity contribution in [3.8, 4) is 0 Å². The third-order valence-electron chi connectivity index (χ3n) is 3.05. The Labute approximate surface area is 125 Å². The van der Waals surface area contributed by atoms with Crippen molar-refractivity contribution in [1.82, 2.24) is 9.97 Å². The third-order valence-corrected chi connectivity index (χ3v) is 3.05. The standard InChI is InChI=1S/C16H22N4O/c1-3-9-17-15-10-16(20-12(2)19-15)18-11-14(21)13-7-5-4-6-8-13/h4-8,10,14,21H,3,9,11H2,1-2H3,(H2,17,18,19,20). The summed E-state index contributed by atoms with van der Waals surface area (Å²) in [5.41, 5.74) is 0.889. The van der Waals surface area contributed by atoms with Crippen molar-refractivity contribution in [3.63, 3.8) is 0 Å². The Hall–Kier alpha value is -2.14. The van der Waals surface area contributed by atoms with Crippen molar-refractivity contribution in [3.05, 3.63) is 47.8 Å². The van der Waals surface area contributed by atoms with Crippen LogP contribution in [0.3, 0.4) is 0 Å². The van der Waals surface area contributed by atoms with E-state index in [2.05, 4.69) is 27.5 Å². The lowest BCUT2D eigenvalue weighted by atomic mass is 10.1. The summed E-state index contributed by atoms with van der Waals surface area (Å²) in [7, 11) is 0.